The molecule has 0 spiro atoms. The number of alkyl halides is 3. The lowest BCUT2D eigenvalue weighted by Gasteiger charge is -2.13. The maximum absolute atomic E-state index is 12.8. The van der Waals surface area contributed by atoms with Gasteiger partial charge in [0.25, 0.3) is 6.43 Å². The van der Waals surface area contributed by atoms with Crippen LogP contribution in [-0.2, 0) is 21.8 Å². The van der Waals surface area contributed by atoms with Crippen molar-refractivity contribution in [3.63, 3.8) is 0 Å². The number of carbonyl (C=O) groups excluding carboxylic acids is 1. The molecule has 1 rings (SSSR count). The first-order valence-electron chi connectivity index (χ1n) is 5.17. The van der Waals surface area contributed by atoms with Gasteiger partial charge in [0.15, 0.2) is 0 Å². The van der Waals surface area contributed by atoms with E-state index in [1.165, 1.54) is 6.20 Å². The molecule has 1 aromatic heterocycles. The van der Waals surface area contributed by atoms with Crippen LogP contribution in [0, 0.1) is 0 Å². The minimum Gasteiger partial charge on any atom is -0.466 e. The Bertz CT molecular complexity index is 443. The van der Waals surface area contributed by atoms with E-state index in [-0.39, 0.29) is 24.5 Å². The first-order valence-corrected chi connectivity index (χ1v) is 6.49. The van der Waals surface area contributed by atoms with Gasteiger partial charge in [0, 0.05) is 16.5 Å². The molecule has 18 heavy (non-hydrogen) atoms. The molecule has 3 nitrogen and oxygen atoms in total. The fourth-order valence-electron chi connectivity index (χ4n) is 1.47. The molecule has 1 heterocycles. The molecule has 0 saturated heterocycles. The molecule has 0 radical (unpaired) electrons. The van der Waals surface area contributed by atoms with Crippen LogP contribution in [0.15, 0.2) is 10.7 Å². The van der Waals surface area contributed by atoms with Crippen molar-refractivity contribution in [3.8, 4) is 0 Å². The van der Waals surface area contributed by atoms with Crippen LogP contribution in [0.25, 0.3) is 0 Å². The van der Waals surface area contributed by atoms with Crippen LogP contribution in [0.4, 0.5) is 8.78 Å². The van der Waals surface area contributed by atoms with Crippen LogP contribution in [0.3, 0.4) is 0 Å². The Morgan fingerprint density at radius 2 is 2.22 bits per heavy atom. The Labute approximate surface area is 117 Å². The van der Waals surface area contributed by atoms with Crippen molar-refractivity contribution in [1.29, 1.82) is 0 Å². The number of hydrogen-bond donors (Lipinski definition) is 0. The molecular formula is C11H11BrClF2NO2. The summed E-state index contributed by atoms with van der Waals surface area (Å²) in [6, 6.07) is 0. The third-order valence-corrected chi connectivity index (χ3v) is 3.20. The predicted octanol–water partition coefficient (Wildman–Crippen LogP) is 3.63. The summed E-state index contributed by atoms with van der Waals surface area (Å²) < 4.78 is 30.8. The number of carbonyl (C=O) groups is 1. The predicted molar refractivity (Wildman–Crippen MR) is 66.8 cm³/mol. The van der Waals surface area contributed by atoms with Gasteiger partial charge in [0.1, 0.15) is 5.69 Å². The van der Waals surface area contributed by atoms with Crippen molar-refractivity contribution in [2.45, 2.75) is 25.7 Å². The Hall–Kier alpha value is -0.750. The highest BCUT2D eigenvalue weighted by Crippen LogP contribution is 2.30. The van der Waals surface area contributed by atoms with E-state index in [1.807, 2.05) is 0 Å². The van der Waals surface area contributed by atoms with Crippen molar-refractivity contribution in [1.82, 2.24) is 4.98 Å². The van der Waals surface area contributed by atoms with Gasteiger partial charge in [-0.05, 0) is 34.0 Å². The number of aromatic nitrogens is 1. The summed E-state index contributed by atoms with van der Waals surface area (Å²) in [6.07, 6.45) is -1.60. The normalized spacial score (nSPS) is 10.8. The van der Waals surface area contributed by atoms with E-state index >= 15 is 0 Å². The van der Waals surface area contributed by atoms with Crippen molar-refractivity contribution in [2.75, 3.05) is 6.61 Å². The van der Waals surface area contributed by atoms with Gasteiger partial charge >= 0.3 is 5.97 Å². The molecule has 7 heteroatoms. The first kappa shape index (κ1) is 15.3. The highest BCUT2D eigenvalue weighted by Gasteiger charge is 2.21. The zero-order valence-corrected chi connectivity index (χ0v) is 11.9. The number of esters is 1. The zero-order valence-electron chi connectivity index (χ0n) is 9.55. The summed E-state index contributed by atoms with van der Waals surface area (Å²) in [5.74, 6) is -0.628. The molecule has 0 saturated carbocycles. The van der Waals surface area contributed by atoms with E-state index in [0.717, 1.165) is 0 Å². The second-order valence-electron chi connectivity index (χ2n) is 3.36. The van der Waals surface area contributed by atoms with E-state index in [9.17, 15) is 13.6 Å². The maximum Gasteiger partial charge on any atom is 0.310 e. The van der Waals surface area contributed by atoms with Crippen LogP contribution in [0.5, 0.6) is 0 Å². The van der Waals surface area contributed by atoms with E-state index in [0.29, 0.717) is 10.0 Å². The van der Waals surface area contributed by atoms with Crippen LogP contribution in [0.2, 0.25) is 0 Å². The first-order chi connectivity index (χ1) is 8.51. The summed E-state index contributed by atoms with van der Waals surface area (Å²) in [5.41, 5.74) is 0.176. The number of rotatable bonds is 5. The number of nitrogens with zero attached hydrogens (tertiary/aromatic N) is 1. The van der Waals surface area contributed by atoms with Gasteiger partial charge in [0.05, 0.1) is 13.0 Å². The quantitative estimate of drug-likeness (QED) is 0.606. The molecule has 0 aliphatic rings. The lowest BCUT2D eigenvalue weighted by atomic mass is 10.1. The van der Waals surface area contributed by atoms with Crippen molar-refractivity contribution < 1.29 is 18.3 Å². The number of ether oxygens (including phenoxy) is 1. The average molecular weight is 343 g/mol. The lowest BCUT2D eigenvalue weighted by Crippen LogP contribution is -2.12. The third kappa shape index (κ3) is 3.62. The fraction of sp³-hybridized carbons (Fsp3) is 0.455. The summed E-state index contributed by atoms with van der Waals surface area (Å²) in [6.45, 7) is 1.91. The average Bonchev–Trinajstić information content (AvgIpc) is 2.31. The van der Waals surface area contributed by atoms with Gasteiger partial charge < -0.3 is 4.74 Å². The summed E-state index contributed by atoms with van der Waals surface area (Å²) >= 11 is 8.84. The maximum atomic E-state index is 12.8. The smallest absolute Gasteiger partial charge is 0.310 e. The van der Waals surface area contributed by atoms with Crippen LogP contribution >= 0.6 is 27.5 Å². The van der Waals surface area contributed by atoms with Gasteiger partial charge in [-0.1, -0.05) is 0 Å². The Morgan fingerprint density at radius 1 is 1.56 bits per heavy atom. The standard InChI is InChI=1S/C11H11BrClF2NO2/c1-2-18-9(17)3-6-7(4-13)10(11(14)15)16-5-8(6)12/h5,11H,2-4H2,1H3. The van der Waals surface area contributed by atoms with Crippen LogP contribution in [-0.4, -0.2) is 17.6 Å². The van der Waals surface area contributed by atoms with Gasteiger partial charge in [-0.25, -0.2) is 8.78 Å². The Balaban J connectivity index is 3.15. The fourth-order valence-corrected chi connectivity index (χ4v) is 2.25. The Kier molecular flexibility index (Phi) is 5.95. The van der Waals surface area contributed by atoms with Gasteiger partial charge in [-0.3, -0.25) is 9.78 Å². The minimum absolute atomic E-state index is 0.112. The molecule has 100 valence electrons. The molecule has 0 N–H and O–H groups in total. The monoisotopic (exact) mass is 341 g/mol. The van der Waals surface area contributed by atoms with Crippen LogP contribution < -0.4 is 0 Å². The number of hydrogen-bond acceptors (Lipinski definition) is 3. The van der Waals surface area contributed by atoms with Gasteiger partial charge in [-0.2, -0.15) is 0 Å². The highest BCUT2D eigenvalue weighted by atomic mass is 79.9. The Morgan fingerprint density at radius 3 is 2.72 bits per heavy atom. The summed E-state index contributed by atoms with van der Waals surface area (Å²) in [5, 5.41) is 0. The third-order valence-electron chi connectivity index (χ3n) is 2.25. The largest absolute Gasteiger partial charge is 0.466 e. The SMILES string of the molecule is CCOC(=O)Cc1c(Br)cnc(C(F)F)c1CCl. The second-order valence-corrected chi connectivity index (χ2v) is 4.49. The zero-order chi connectivity index (χ0) is 13.7. The van der Waals surface area contributed by atoms with Crippen molar-refractivity contribution in [2.24, 2.45) is 0 Å². The van der Waals surface area contributed by atoms with E-state index in [1.54, 1.807) is 6.92 Å². The van der Waals surface area contributed by atoms with E-state index in [2.05, 4.69) is 20.9 Å². The molecule has 0 bridgehead atoms. The topological polar surface area (TPSA) is 39.2 Å². The molecule has 1 aromatic rings. The van der Waals surface area contributed by atoms with E-state index < -0.39 is 18.1 Å². The molecule has 0 atom stereocenters. The molecule has 0 aliphatic heterocycles. The highest BCUT2D eigenvalue weighted by molar-refractivity contribution is 9.10. The number of halogens is 4. The van der Waals surface area contributed by atoms with Crippen molar-refractivity contribution >= 4 is 33.5 Å². The molecule has 0 aliphatic carbocycles. The van der Waals surface area contributed by atoms with Crippen LogP contribution in [0.1, 0.15) is 30.2 Å². The second kappa shape index (κ2) is 6.99. The lowest BCUT2D eigenvalue weighted by molar-refractivity contribution is -0.142. The minimum atomic E-state index is -2.73. The molecule has 0 aromatic carbocycles. The molecule has 0 fully saturated rings. The number of pyridine rings is 1. The molecular weight excluding hydrogens is 331 g/mol. The summed E-state index contributed by atoms with van der Waals surface area (Å²) in [7, 11) is 0. The summed E-state index contributed by atoms with van der Waals surface area (Å²) in [4.78, 5) is 15.0. The van der Waals surface area contributed by atoms with E-state index in [4.69, 9.17) is 16.3 Å². The van der Waals surface area contributed by atoms with Gasteiger partial charge in [-0.15, -0.1) is 11.6 Å². The molecule has 0 unspecified atom stereocenters. The molecule has 0 amide bonds. The van der Waals surface area contributed by atoms with Gasteiger partial charge in [0.2, 0.25) is 0 Å². The van der Waals surface area contributed by atoms with Crippen molar-refractivity contribution in [3.05, 3.63) is 27.5 Å².